The third kappa shape index (κ3) is 2.88. The average Bonchev–Trinajstić information content (AvgIpc) is 2.84. The first-order valence-electron chi connectivity index (χ1n) is 6.20. The zero-order valence-corrected chi connectivity index (χ0v) is 14.4. The number of benzene rings is 1. The minimum Gasteiger partial charge on any atom is -0.493 e. The van der Waals surface area contributed by atoms with Crippen molar-refractivity contribution in [1.29, 1.82) is 0 Å². The number of ether oxygens (including phenoxy) is 1. The molecule has 0 N–H and O–H groups in total. The molecule has 0 bridgehead atoms. The summed E-state index contributed by atoms with van der Waals surface area (Å²) < 4.78 is 5.77. The average molecular weight is 397 g/mol. The molecule has 4 heteroatoms. The van der Waals surface area contributed by atoms with Crippen molar-refractivity contribution >= 4 is 43.5 Å². The first kappa shape index (κ1) is 14.7. The maximum atomic E-state index is 6.21. The molecule has 0 saturated heterocycles. The highest BCUT2D eigenvalue weighted by molar-refractivity contribution is 9.09. The van der Waals surface area contributed by atoms with Crippen molar-refractivity contribution in [3.63, 3.8) is 0 Å². The Morgan fingerprint density at radius 2 is 2.06 bits per heavy atom. The third-order valence-electron chi connectivity index (χ3n) is 3.71. The van der Waals surface area contributed by atoms with E-state index in [9.17, 15) is 0 Å². The second-order valence-corrected chi connectivity index (χ2v) is 6.51. The summed E-state index contributed by atoms with van der Waals surface area (Å²) in [6.45, 7) is 3.01. The third-order valence-corrected chi connectivity index (χ3v) is 6.30. The summed E-state index contributed by atoms with van der Waals surface area (Å²) in [5.41, 5.74) is 2.73. The fourth-order valence-electron chi connectivity index (χ4n) is 2.33. The molecule has 0 saturated carbocycles. The van der Waals surface area contributed by atoms with E-state index < -0.39 is 0 Å². The predicted octanol–water partition coefficient (Wildman–Crippen LogP) is 5.00. The summed E-state index contributed by atoms with van der Waals surface area (Å²) >= 11 is 13.5. The molecule has 1 aliphatic rings. The highest BCUT2D eigenvalue weighted by atomic mass is 79.9. The maximum absolute atomic E-state index is 6.21. The zero-order valence-electron chi connectivity index (χ0n) is 10.4. The van der Waals surface area contributed by atoms with Gasteiger partial charge in [-0.3, -0.25) is 0 Å². The number of hydrogen-bond acceptors (Lipinski definition) is 1. The van der Waals surface area contributed by atoms with Gasteiger partial charge in [0.1, 0.15) is 5.75 Å². The lowest BCUT2D eigenvalue weighted by Gasteiger charge is -2.29. The number of hydrogen-bond donors (Lipinski definition) is 0. The monoisotopic (exact) mass is 394 g/mol. The molecular formula is C14H17Br2ClO. The molecule has 0 fully saturated rings. The van der Waals surface area contributed by atoms with E-state index in [2.05, 4.69) is 44.8 Å². The van der Waals surface area contributed by atoms with Crippen molar-refractivity contribution in [2.24, 2.45) is 5.41 Å². The van der Waals surface area contributed by atoms with Gasteiger partial charge in [-0.25, -0.2) is 0 Å². The largest absolute Gasteiger partial charge is 0.493 e. The first-order chi connectivity index (χ1) is 8.64. The fraction of sp³-hybridized carbons (Fsp3) is 0.571. The maximum Gasteiger partial charge on any atom is 0.125 e. The highest BCUT2D eigenvalue weighted by Crippen LogP contribution is 2.39. The van der Waals surface area contributed by atoms with Crippen LogP contribution >= 0.6 is 43.5 Å². The van der Waals surface area contributed by atoms with Crippen LogP contribution in [-0.4, -0.2) is 17.3 Å². The molecule has 1 nitrogen and oxygen atoms in total. The summed E-state index contributed by atoms with van der Waals surface area (Å²) in [7, 11) is 0. The van der Waals surface area contributed by atoms with Gasteiger partial charge in [0.25, 0.3) is 0 Å². The van der Waals surface area contributed by atoms with E-state index in [1.54, 1.807) is 0 Å². The van der Waals surface area contributed by atoms with Crippen LogP contribution in [0.2, 0.25) is 5.02 Å². The lowest BCUT2D eigenvalue weighted by Crippen LogP contribution is -2.27. The van der Waals surface area contributed by atoms with Gasteiger partial charge in [-0.1, -0.05) is 50.4 Å². The van der Waals surface area contributed by atoms with Crippen molar-refractivity contribution in [1.82, 2.24) is 0 Å². The van der Waals surface area contributed by atoms with Crippen LogP contribution in [0.1, 0.15) is 24.5 Å². The Bertz CT molecular complexity index is 422. The van der Waals surface area contributed by atoms with Gasteiger partial charge in [0.15, 0.2) is 0 Å². The van der Waals surface area contributed by atoms with Crippen molar-refractivity contribution in [3.8, 4) is 5.75 Å². The van der Waals surface area contributed by atoms with Gasteiger partial charge >= 0.3 is 0 Å². The summed E-state index contributed by atoms with van der Waals surface area (Å²) in [5.74, 6) is 1.07. The van der Waals surface area contributed by atoms with E-state index >= 15 is 0 Å². The van der Waals surface area contributed by atoms with Gasteiger partial charge in [0.2, 0.25) is 0 Å². The SMILES string of the molecule is CCC(CBr)(CBr)Cc1cc(Cl)cc2c1OCC2. The second kappa shape index (κ2) is 6.15. The van der Waals surface area contributed by atoms with Gasteiger partial charge in [-0.05, 0) is 41.5 Å². The first-order valence-corrected chi connectivity index (χ1v) is 8.82. The molecule has 0 spiro atoms. The lowest BCUT2D eigenvalue weighted by atomic mass is 9.82. The van der Waals surface area contributed by atoms with Crippen LogP contribution in [0.15, 0.2) is 12.1 Å². The van der Waals surface area contributed by atoms with Crippen molar-refractivity contribution in [2.45, 2.75) is 26.2 Å². The second-order valence-electron chi connectivity index (χ2n) is 4.95. The molecule has 0 aromatic heterocycles. The van der Waals surface area contributed by atoms with E-state index in [1.807, 2.05) is 6.07 Å². The molecule has 0 amide bonds. The van der Waals surface area contributed by atoms with Crippen molar-refractivity contribution in [3.05, 3.63) is 28.3 Å². The molecule has 1 aromatic rings. The van der Waals surface area contributed by atoms with Crippen LogP contribution in [0.4, 0.5) is 0 Å². The van der Waals surface area contributed by atoms with E-state index in [0.29, 0.717) is 0 Å². The number of rotatable bonds is 5. The van der Waals surface area contributed by atoms with Crippen LogP contribution in [0.3, 0.4) is 0 Å². The van der Waals surface area contributed by atoms with Gasteiger partial charge in [-0.15, -0.1) is 0 Å². The molecule has 1 heterocycles. The molecule has 0 aliphatic carbocycles. The van der Waals surface area contributed by atoms with Gasteiger partial charge in [0, 0.05) is 22.1 Å². The van der Waals surface area contributed by atoms with E-state index in [-0.39, 0.29) is 5.41 Å². The molecule has 0 radical (unpaired) electrons. The molecule has 1 aliphatic heterocycles. The fourth-order valence-corrected chi connectivity index (χ4v) is 4.71. The van der Waals surface area contributed by atoms with Gasteiger partial charge < -0.3 is 4.74 Å². The summed E-state index contributed by atoms with van der Waals surface area (Å²) in [5, 5.41) is 2.77. The molecule has 2 rings (SSSR count). The van der Waals surface area contributed by atoms with Crippen LogP contribution < -0.4 is 4.74 Å². The van der Waals surface area contributed by atoms with Gasteiger partial charge in [0.05, 0.1) is 6.61 Å². The minimum atomic E-state index is 0.227. The number of fused-ring (bicyclic) bond motifs is 1. The quantitative estimate of drug-likeness (QED) is 0.636. The number of alkyl halides is 2. The minimum absolute atomic E-state index is 0.227. The Balaban J connectivity index is 2.34. The van der Waals surface area contributed by atoms with Gasteiger partial charge in [-0.2, -0.15) is 0 Å². The van der Waals surface area contributed by atoms with Crippen molar-refractivity contribution < 1.29 is 4.74 Å². The Morgan fingerprint density at radius 1 is 1.33 bits per heavy atom. The normalized spacial score (nSPS) is 14.4. The standard InChI is InChI=1S/C14H17Br2ClO/c1-2-14(8-15,9-16)7-11-6-12(17)5-10-3-4-18-13(10)11/h5-6H,2-4,7-9H2,1H3. The predicted molar refractivity (Wildman–Crippen MR) is 84.7 cm³/mol. The molecular weight excluding hydrogens is 379 g/mol. The lowest BCUT2D eigenvalue weighted by molar-refractivity contribution is 0.336. The number of halogens is 3. The van der Waals surface area contributed by atoms with Crippen LogP contribution in [0, 0.1) is 5.41 Å². The van der Waals surface area contributed by atoms with Crippen molar-refractivity contribution in [2.75, 3.05) is 17.3 Å². The Labute approximate surface area is 130 Å². The highest BCUT2D eigenvalue weighted by Gasteiger charge is 2.29. The van der Waals surface area contributed by atoms with Crippen LogP contribution in [0.5, 0.6) is 5.75 Å². The Morgan fingerprint density at radius 3 is 2.67 bits per heavy atom. The van der Waals surface area contributed by atoms with E-state index in [1.165, 1.54) is 11.1 Å². The Hall–Kier alpha value is 0.270. The topological polar surface area (TPSA) is 9.23 Å². The zero-order chi connectivity index (χ0) is 13.2. The van der Waals surface area contributed by atoms with E-state index in [4.69, 9.17) is 16.3 Å². The molecule has 0 unspecified atom stereocenters. The summed E-state index contributed by atoms with van der Waals surface area (Å²) in [4.78, 5) is 0. The van der Waals surface area contributed by atoms with Crippen LogP contribution in [-0.2, 0) is 12.8 Å². The molecule has 1 aromatic carbocycles. The van der Waals surface area contributed by atoms with E-state index in [0.717, 1.165) is 47.3 Å². The smallest absolute Gasteiger partial charge is 0.125 e. The summed E-state index contributed by atoms with van der Waals surface area (Å²) in [6, 6.07) is 4.09. The summed E-state index contributed by atoms with van der Waals surface area (Å²) in [6.07, 6.45) is 3.08. The Kier molecular flexibility index (Phi) is 5.01. The molecule has 18 heavy (non-hydrogen) atoms. The molecule has 100 valence electrons. The van der Waals surface area contributed by atoms with Crippen LogP contribution in [0.25, 0.3) is 0 Å². The molecule has 0 atom stereocenters.